The van der Waals surface area contributed by atoms with Crippen LogP contribution in [0.15, 0.2) is 0 Å². The van der Waals surface area contributed by atoms with Crippen molar-refractivity contribution in [3.05, 3.63) is 0 Å². The average molecular weight is 129 g/mol. The third kappa shape index (κ3) is 0.997. The van der Waals surface area contributed by atoms with E-state index in [9.17, 15) is 0 Å². The van der Waals surface area contributed by atoms with Gasteiger partial charge in [0.25, 0.3) is 0 Å². The van der Waals surface area contributed by atoms with Crippen molar-refractivity contribution in [1.29, 1.82) is 0 Å². The average Bonchev–Trinajstić information content (AvgIpc) is 2.07. The third-order valence-electron chi connectivity index (χ3n) is 2.97. The van der Waals surface area contributed by atoms with Gasteiger partial charge in [0.2, 0.25) is 0 Å². The lowest BCUT2D eigenvalue weighted by molar-refractivity contribution is 0.157. The topological polar surface area (TPSA) is 0 Å². The lowest BCUT2D eigenvalue weighted by Crippen LogP contribution is -2.25. The molecule has 0 aliphatic heterocycles. The van der Waals surface area contributed by atoms with Crippen LogP contribution in [0.25, 0.3) is 0 Å². The number of rotatable bonds is 0. The predicted octanol–water partition coefficient (Wildman–Crippen LogP) is 3.22. The lowest BCUT2D eigenvalue weighted by Gasteiger charge is -2.34. The highest BCUT2D eigenvalue weighted by Crippen LogP contribution is 2.51. The van der Waals surface area contributed by atoms with Crippen LogP contribution in [0.5, 0.6) is 0 Å². The highest BCUT2D eigenvalue weighted by Gasteiger charge is 2.40. The predicted molar refractivity (Wildman–Crippen MR) is 41.4 cm³/mol. The molecule has 0 radical (unpaired) electrons. The standard InChI is InChI=1S/C9H18/c1-8(2)6-5-7-9(8,3)4/h5-7H2,1-4H3/i1D3/t8-/m0/s1. The van der Waals surface area contributed by atoms with Crippen LogP contribution in [0.1, 0.15) is 51.0 Å². The Morgan fingerprint density at radius 3 is 1.89 bits per heavy atom. The summed E-state index contributed by atoms with van der Waals surface area (Å²) in [7, 11) is 0. The van der Waals surface area contributed by atoms with Crippen molar-refractivity contribution in [2.75, 3.05) is 0 Å². The first kappa shape index (κ1) is 4.00. The molecule has 1 fully saturated rings. The molecular formula is C9H18. The van der Waals surface area contributed by atoms with Crippen LogP contribution in [-0.2, 0) is 0 Å². The van der Waals surface area contributed by atoms with E-state index in [0.717, 1.165) is 19.3 Å². The molecule has 0 nitrogen and oxygen atoms in total. The van der Waals surface area contributed by atoms with Crippen molar-refractivity contribution in [3.63, 3.8) is 0 Å². The monoisotopic (exact) mass is 129 g/mol. The fraction of sp³-hybridized carbons (Fsp3) is 1.00. The van der Waals surface area contributed by atoms with E-state index in [4.69, 9.17) is 4.11 Å². The van der Waals surface area contributed by atoms with Gasteiger partial charge < -0.3 is 0 Å². The Labute approximate surface area is 62.9 Å². The molecule has 0 heterocycles. The normalized spacial score (nSPS) is 47.7. The van der Waals surface area contributed by atoms with Crippen molar-refractivity contribution in [1.82, 2.24) is 0 Å². The van der Waals surface area contributed by atoms with Gasteiger partial charge in [-0.3, -0.25) is 0 Å². The van der Waals surface area contributed by atoms with Crippen LogP contribution >= 0.6 is 0 Å². The van der Waals surface area contributed by atoms with E-state index in [1.807, 2.05) is 6.92 Å². The molecule has 0 amide bonds. The van der Waals surface area contributed by atoms with E-state index in [1.54, 1.807) is 0 Å². The summed E-state index contributed by atoms with van der Waals surface area (Å²) >= 11 is 0. The molecule has 1 rings (SSSR count). The molecule has 0 aromatic heterocycles. The second kappa shape index (κ2) is 1.74. The van der Waals surface area contributed by atoms with E-state index in [0.29, 0.717) is 0 Å². The molecule has 1 atom stereocenters. The summed E-state index contributed by atoms with van der Waals surface area (Å²) in [6.45, 7) is 4.26. The summed E-state index contributed by atoms with van der Waals surface area (Å²) in [4.78, 5) is 0. The van der Waals surface area contributed by atoms with Gasteiger partial charge in [-0.15, -0.1) is 0 Å². The molecule has 54 valence electrons. The van der Waals surface area contributed by atoms with Crippen LogP contribution in [-0.4, -0.2) is 0 Å². The zero-order chi connectivity index (χ0) is 9.62. The number of hydrogen-bond acceptors (Lipinski definition) is 0. The molecule has 1 saturated carbocycles. The van der Waals surface area contributed by atoms with Crippen molar-refractivity contribution >= 4 is 0 Å². The van der Waals surface area contributed by atoms with Crippen molar-refractivity contribution < 1.29 is 4.11 Å². The van der Waals surface area contributed by atoms with Gasteiger partial charge in [-0.1, -0.05) is 34.0 Å². The summed E-state index contributed by atoms with van der Waals surface area (Å²) in [5.41, 5.74) is -0.502. The van der Waals surface area contributed by atoms with Crippen LogP contribution < -0.4 is 0 Å². The molecule has 0 saturated heterocycles. The van der Waals surface area contributed by atoms with E-state index in [-0.39, 0.29) is 5.41 Å². The highest BCUT2D eigenvalue weighted by atomic mass is 14.5. The quantitative estimate of drug-likeness (QED) is 0.471. The second-order valence-electron chi connectivity index (χ2n) is 4.07. The Bertz CT molecular complexity index is 181. The molecule has 9 heavy (non-hydrogen) atoms. The Kier molecular flexibility index (Phi) is 0.774. The summed E-state index contributed by atoms with van der Waals surface area (Å²) in [6, 6.07) is 0. The summed E-state index contributed by atoms with van der Waals surface area (Å²) in [6.07, 6.45) is 2.94. The Morgan fingerprint density at radius 1 is 1.11 bits per heavy atom. The molecule has 0 unspecified atom stereocenters. The molecule has 0 aromatic carbocycles. The first-order chi connectivity index (χ1) is 5.21. The molecule has 1 aliphatic carbocycles. The molecule has 0 spiro atoms. The van der Waals surface area contributed by atoms with Gasteiger partial charge in [0.15, 0.2) is 0 Å². The van der Waals surface area contributed by atoms with E-state index < -0.39 is 12.3 Å². The minimum atomic E-state index is -1.80. The van der Waals surface area contributed by atoms with Crippen molar-refractivity contribution in [2.24, 2.45) is 10.8 Å². The van der Waals surface area contributed by atoms with Crippen LogP contribution in [0.4, 0.5) is 0 Å². The largest absolute Gasteiger partial charge is 0.0594 e. The maximum absolute atomic E-state index is 7.51. The zero-order valence-corrected chi connectivity index (χ0v) is 6.62. The molecule has 0 heteroatoms. The smallest absolute Gasteiger partial charge is 0.0236 e. The Balaban J connectivity index is 2.98. The van der Waals surface area contributed by atoms with Crippen LogP contribution in [0, 0.1) is 10.8 Å². The van der Waals surface area contributed by atoms with Crippen molar-refractivity contribution in [2.45, 2.75) is 46.9 Å². The first-order valence-corrected chi connectivity index (χ1v) is 3.71. The number of hydrogen-bond donors (Lipinski definition) is 0. The highest BCUT2D eigenvalue weighted by molar-refractivity contribution is 4.91. The molecule has 1 aliphatic rings. The van der Waals surface area contributed by atoms with Gasteiger partial charge in [-0.2, -0.15) is 0 Å². The maximum atomic E-state index is 7.51. The summed E-state index contributed by atoms with van der Waals surface area (Å²) in [5, 5.41) is 0. The van der Waals surface area contributed by atoms with Gasteiger partial charge in [0.1, 0.15) is 0 Å². The molecular weight excluding hydrogens is 108 g/mol. The fourth-order valence-corrected chi connectivity index (χ4v) is 1.50. The van der Waals surface area contributed by atoms with E-state index in [2.05, 4.69) is 13.8 Å². The Morgan fingerprint density at radius 2 is 1.67 bits per heavy atom. The summed E-state index contributed by atoms with van der Waals surface area (Å²) in [5.74, 6) is 0. The molecule has 0 N–H and O–H groups in total. The SMILES string of the molecule is [2H]C([2H])([2H])[C@]1(C)CCCC1(C)C. The van der Waals surface area contributed by atoms with Gasteiger partial charge in [-0.05, 0) is 23.7 Å². The van der Waals surface area contributed by atoms with E-state index in [1.165, 1.54) is 0 Å². The summed E-state index contributed by atoms with van der Waals surface area (Å²) < 4.78 is 22.5. The Hall–Kier alpha value is 0. The van der Waals surface area contributed by atoms with Crippen molar-refractivity contribution in [3.8, 4) is 0 Å². The zero-order valence-electron chi connectivity index (χ0n) is 9.62. The van der Waals surface area contributed by atoms with Gasteiger partial charge in [0.05, 0.1) is 0 Å². The van der Waals surface area contributed by atoms with Gasteiger partial charge in [0, 0.05) is 4.11 Å². The third-order valence-corrected chi connectivity index (χ3v) is 2.97. The van der Waals surface area contributed by atoms with Crippen LogP contribution in [0.2, 0.25) is 0 Å². The molecule has 0 aromatic rings. The maximum Gasteiger partial charge on any atom is 0.0236 e. The molecule has 0 bridgehead atoms. The van der Waals surface area contributed by atoms with E-state index >= 15 is 0 Å². The van der Waals surface area contributed by atoms with Gasteiger partial charge >= 0.3 is 0 Å². The fourth-order valence-electron chi connectivity index (χ4n) is 1.50. The first-order valence-electron chi connectivity index (χ1n) is 5.21. The van der Waals surface area contributed by atoms with Gasteiger partial charge in [-0.25, -0.2) is 0 Å². The lowest BCUT2D eigenvalue weighted by atomic mass is 9.71. The minimum absolute atomic E-state index is 0.0295. The second-order valence-corrected chi connectivity index (χ2v) is 4.07. The van der Waals surface area contributed by atoms with Crippen LogP contribution in [0.3, 0.4) is 0 Å². The minimum Gasteiger partial charge on any atom is -0.0594 e.